The van der Waals surface area contributed by atoms with E-state index in [9.17, 15) is 8.42 Å². The maximum atomic E-state index is 13.0. The van der Waals surface area contributed by atoms with Crippen LogP contribution in [-0.2, 0) is 10.0 Å². The molecule has 4 rings (SSSR count). The molecule has 0 spiro atoms. The van der Waals surface area contributed by atoms with Crippen molar-refractivity contribution in [3.8, 4) is 5.19 Å². The Morgan fingerprint density at radius 2 is 1.83 bits per heavy atom. The molecule has 0 bridgehead atoms. The Kier molecular flexibility index (Phi) is 5.99. The van der Waals surface area contributed by atoms with Crippen LogP contribution in [0, 0.1) is 6.92 Å². The lowest BCUT2D eigenvalue weighted by molar-refractivity contribution is 0.135. The van der Waals surface area contributed by atoms with Gasteiger partial charge in [0.25, 0.3) is 5.19 Å². The third-order valence-corrected chi connectivity index (χ3v) is 8.84. The normalized spacial score (nSPS) is 16.4. The fraction of sp³-hybridized carbons (Fsp3) is 0.316. The largest absolute Gasteiger partial charge is 0.467 e. The Hall–Kier alpha value is -1.09. The Labute approximate surface area is 188 Å². The van der Waals surface area contributed by atoms with Crippen molar-refractivity contribution in [2.75, 3.05) is 13.1 Å². The van der Waals surface area contributed by atoms with Crippen molar-refractivity contribution in [2.24, 2.45) is 0 Å². The summed E-state index contributed by atoms with van der Waals surface area (Å²) in [6.07, 6.45) is 1.02. The van der Waals surface area contributed by atoms with Gasteiger partial charge in [-0.3, -0.25) is 0 Å². The van der Waals surface area contributed by atoms with E-state index in [0.717, 1.165) is 10.2 Å². The summed E-state index contributed by atoms with van der Waals surface area (Å²) in [5.74, 6) is 0. The van der Waals surface area contributed by atoms with Gasteiger partial charge < -0.3 is 4.74 Å². The van der Waals surface area contributed by atoms with Gasteiger partial charge in [0.2, 0.25) is 10.0 Å². The summed E-state index contributed by atoms with van der Waals surface area (Å²) >= 11 is 19.8. The van der Waals surface area contributed by atoms with Gasteiger partial charge in [-0.2, -0.15) is 4.31 Å². The highest BCUT2D eigenvalue weighted by Gasteiger charge is 2.32. The third-order valence-electron chi connectivity index (χ3n) is 4.85. The zero-order valence-electron chi connectivity index (χ0n) is 15.4. The predicted molar refractivity (Wildman–Crippen MR) is 118 cm³/mol. The van der Waals surface area contributed by atoms with E-state index in [2.05, 4.69) is 4.98 Å². The molecule has 3 aromatic rings. The maximum absolute atomic E-state index is 13.0. The number of fused-ring (bicyclic) bond motifs is 1. The molecule has 0 radical (unpaired) electrons. The van der Waals surface area contributed by atoms with Crippen LogP contribution < -0.4 is 4.74 Å². The molecule has 0 unspecified atom stereocenters. The summed E-state index contributed by atoms with van der Waals surface area (Å²) in [5, 5.41) is 1.71. The number of benzene rings is 2. The molecule has 5 nitrogen and oxygen atoms in total. The molecule has 1 aliphatic heterocycles. The van der Waals surface area contributed by atoms with Gasteiger partial charge in [0.15, 0.2) is 0 Å². The van der Waals surface area contributed by atoms with E-state index in [4.69, 9.17) is 39.5 Å². The molecule has 154 valence electrons. The van der Waals surface area contributed by atoms with Crippen molar-refractivity contribution in [1.29, 1.82) is 0 Å². The van der Waals surface area contributed by atoms with E-state index in [0.29, 0.717) is 46.7 Å². The van der Waals surface area contributed by atoms with Gasteiger partial charge in [-0.1, -0.05) is 52.2 Å². The molecule has 0 N–H and O–H groups in total. The summed E-state index contributed by atoms with van der Waals surface area (Å²) in [6.45, 7) is 2.44. The Balaban J connectivity index is 1.46. The average Bonchev–Trinajstić information content (AvgIpc) is 3.09. The number of aromatic nitrogens is 1. The van der Waals surface area contributed by atoms with Crippen LogP contribution in [0.25, 0.3) is 10.2 Å². The molecular formula is C19H17Cl3N2O3S2. The van der Waals surface area contributed by atoms with Gasteiger partial charge in [0, 0.05) is 18.1 Å². The zero-order chi connectivity index (χ0) is 20.8. The number of piperidine rings is 1. The van der Waals surface area contributed by atoms with E-state index in [1.54, 1.807) is 13.0 Å². The molecule has 1 fully saturated rings. The second kappa shape index (κ2) is 8.21. The van der Waals surface area contributed by atoms with Crippen molar-refractivity contribution >= 4 is 66.4 Å². The van der Waals surface area contributed by atoms with Crippen LogP contribution in [0.4, 0.5) is 0 Å². The van der Waals surface area contributed by atoms with Gasteiger partial charge in [-0.05, 0) is 49.6 Å². The van der Waals surface area contributed by atoms with E-state index in [1.165, 1.54) is 27.8 Å². The number of aryl methyl sites for hydroxylation is 1. The van der Waals surface area contributed by atoms with Crippen LogP contribution in [0.3, 0.4) is 0 Å². The fourth-order valence-corrected chi connectivity index (χ4v) is 6.70. The lowest BCUT2D eigenvalue weighted by Crippen LogP contribution is -2.41. The monoisotopic (exact) mass is 490 g/mol. The summed E-state index contributed by atoms with van der Waals surface area (Å²) in [7, 11) is -3.70. The highest BCUT2D eigenvalue weighted by atomic mass is 35.5. The van der Waals surface area contributed by atoms with Crippen molar-refractivity contribution in [2.45, 2.75) is 30.8 Å². The number of ether oxygens (including phenoxy) is 1. The quantitative estimate of drug-likeness (QED) is 0.463. The first-order chi connectivity index (χ1) is 13.8. The highest BCUT2D eigenvalue weighted by Crippen LogP contribution is 2.35. The number of nitrogens with zero attached hydrogens (tertiary/aromatic N) is 2. The lowest BCUT2D eigenvalue weighted by Gasteiger charge is -2.31. The maximum Gasteiger partial charge on any atom is 0.274 e. The minimum Gasteiger partial charge on any atom is -0.467 e. The zero-order valence-corrected chi connectivity index (χ0v) is 19.3. The van der Waals surface area contributed by atoms with Gasteiger partial charge in [0.1, 0.15) is 16.5 Å². The molecular weight excluding hydrogens is 475 g/mol. The van der Waals surface area contributed by atoms with Crippen molar-refractivity contribution in [3.05, 3.63) is 51.0 Å². The number of rotatable bonds is 4. The summed E-state index contributed by atoms with van der Waals surface area (Å²) in [6, 6.07) is 8.60. The molecule has 0 amide bonds. The van der Waals surface area contributed by atoms with Crippen molar-refractivity contribution in [1.82, 2.24) is 9.29 Å². The molecule has 0 atom stereocenters. The predicted octanol–water partition coefficient (Wildman–Crippen LogP) is 5.80. The Morgan fingerprint density at radius 1 is 1.10 bits per heavy atom. The smallest absolute Gasteiger partial charge is 0.274 e. The molecule has 1 aliphatic rings. The SMILES string of the molecule is Cc1cc(S(=O)(=O)N2CCC(Oc3nc4c(Cl)cccc4s3)CC2)c(Cl)cc1Cl. The van der Waals surface area contributed by atoms with Gasteiger partial charge in [-0.15, -0.1) is 0 Å². The lowest BCUT2D eigenvalue weighted by atomic mass is 10.1. The van der Waals surface area contributed by atoms with E-state index in [-0.39, 0.29) is 16.0 Å². The molecule has 1 saturated heterocycles. The van der Waals surface area contributed by atoms with Gasteiger partial charge >= 0.3 is 0 Å². The van der Waals surface area contributed by atoms with Crippen molar-refractivity contribution < 1.29 is 13.2 Å². The van der Waals surface area contributed by atoms with Crippen LogP contribution in [0.2, 0.25) is 15.1 Å². The van der Waals surface area contributed by atoms with E-state index in [1.807, 2.05) is 12.1 Å². The standard InChI is InChI=1S/C19H17Cl3N2O3S2/c1-11-9-17(15(22)10-14(11)21)29(25,26)24-7-5-12(6-8-24)27-19-23-18-13(20)3-2-4-16(18)28-19/h2-4,9-10,12H,5-8H2,1H3. The highest BCUT2D eigenvalue weighted by molar-refractivity contribution is 7.89. The van der Waals surface area contributed by atoms with Gasteiger partial charge in [-0.25, -0.2) is 13.4 Å². The topological polar surface area (TPSA) is 59.5 Å². The molecule has 2 aromatic carbocycles. The second-order valence-electron chi connectivity index (χ2n) is 6.82. The number of hydrogen-bond acceptors (Lipinski definition) is 5. The first-order valence-electron chi connectivity index (χ1n) is 8.93. The average molecular weight is 492 g/mol. The number of hydrogen-bond donors (Lipinski definition) is 0. The summed E-state index contributed by atoms with van der Waals surface area (Å²) in [4.78, 5) is 4.54. The Bertz CT molecular complexity index is 1170. The molecule has 1 aromatic heterocycles. The fourth-order valence-electron chi connectivity index (χ4n) is 3.25. The first kappa shape index (κ1) is 21.2. The van der Waals surface area contributed by atoms with Crippen LogP contribution in [0.5, 0.6) is 5.19 Å². The minimum absolute atomic E-state index is 0.0845. The van der Waals surface area contributed by atoms with Crippen LogP contribution in [-0.4, -0.2) is 36.9 Å². The Morgan fingerprint density at radius 3 is 2.52 bits per heavy atom. The van der Waals surface area contributed by atoms with Gasteiger partial charge in [0.05, 0.1) is 14.7 Å². The van der Waals surface area contributed by atoms with Crippen molar-refractivity contribution in [3.63, 3.8) is 0 Å². The summed E-state index contributed by atoms with van der Waals surface area (Å²) in [5.41, 5.74) is 1.39. The summed E-state index contributed by atoms with van der Waals surface area (Å²) < 4.78 is 34.5. The number of sulfonamides is 1. The molecule has 0 saturated carbocycles. The minimum atomic E-state index is -3.70. The number of halogens is 3. The first-order valence-corrected chi connectivity index (χ1v) is 12.3. The third kappa shape index (κ3) is 4.22. The van der Waals surface area contributed by atoms with E-state index >= 15 is 0 Å². The molecule has 0 aliphatic carbocycles. The van der Waals surface area contributed by atoms with Crippen LogP contribution >= 0.6 is 46.1 Å². The number of thiazole rings is 1. The number of para-hydroxylation sites is 1. The van der Waals surface area contributed by atoms with Crippen LogP contribution in [0.1, 0.15) is 18.4 Å². The van der Waals surface area contributed by atoms with E-state index < -0.39 is 10.0 Å². The molecule has 29 heavy (non-hydrogen) atoms. The second-order valence-corrected chi connectivity index (χ2v) is 10.9. The van der Waals surface area contributed by atoms with Crippen LogP contribution in [0.15, 0.2) is 35.2 Å². The molecule has 10 heteroatoms. The molecule has 2 heterocycles.